The smallest absolute Gasteiger partial charge is 0.0941 e. The second-order valence-electron chi connectivity index (χ2n) is 5.34. The van der Waals surface area contributed by atoms with E-state index in [0.29, 0.717) is 18.1 Å². The van der Waals surface area contributed by atoms with Gasteiger partial charge in [-0.15, -0.1) is 11.3 Å². The molecule has 0 aromatic carbocycles. The van der Waals surface area contributed by atoms with Crippen molar-refractivity contribution in [2.45, 2.75) is 57.6 Å². The van der Waals surface area contributed by atoms with Gasteiger partial charge in [-0.05, 0) is 32.7 Å². The van der Waals surface area contributed by atoms with Gasteiger partial charge in [-0.2, -0.15) is 0 Å². The van der Waals surface area contributed by atoms with Crippen LogP contribution in [0.5, 0.6) is 0 Å². The van der Waals surface area contributed by atoms with Crippen LogP contribution in [-0.2, 0) is 11.2 Å². The lowest BCUT2D eigenvalue weighted by molar-refractivity contribution is -0.0159. The Morgan fingerprint density at radius 3 is 2.79 bits per heavy atom. The van der Waals surface area contributed by atoms with Crippen molar-refractivity contribution in [2.24, 2.45) is 5.92 Å². The fourth-order valence-electron chi connectivity index (χ4n) is 3.16. The largest absolute Gasteiger partial charge is 0.377 e. The standard InChI is InChI=1S/C15H26N2OS/c1-3-18-15(12-7-5-4-6-8-12)13(16-2)11-14-17-9-10-19-14/h9-10,12-13,15-16H,3-8,11H2,1-2H3. The number of thiazole rings is 1. The number of rotatable bonds is 7. The summed E-state index contributed by atoms with van der Waals surface area (Å²) in [6, 6.07) is 0.384. The van der Waals surface area contributed by atoms with Gasteiger partial charge in [-0.25, -0.2) is 4.98 Å². The molecule has 3 nitrogen and oxygen atoms in total. The zero-order valence-electron chi connectivity index (χ0n) is 12.1. The molecule has 2 rings (SSSR count). The number of hydrogen-bond acceptors (Lipinski definition) is 4. The lowest BCUT2D eigenvalue weighted by Gasteiger charge is -2.35. The van der Waals surface area contributed by atoms with Gasteiger partial charge in [0.1, 0.15) is 0 Å². The molecule has 1 N–H and O–H groups in total. The second-order valence-corrected chi connectivity index (χ2v) is 6.32. The van der Waals surface area contributed by atoms with E-state index in [1.807, 2.05) is 13.2 Å². The fraction of sp³-hybridized carbons (Fsp3) is 0.800. The van der Waals surface area contributed by atoms with Crippen LogP contribution in [-0.4, -0.2) is 30.8 Å². The van der Waals surface area contributed by atoms with E-state index in [-0.39, 0.29) is 0 Å². The average molecular weight is 282 g/mol. The molecule has 0 spiro atoms. The molecule has 108 valence electrons. The molecule has 1 aliphatic carbocycles. The molecule has 1 fully saturated rings. The van der Waals surface area contributed by atoms with Gasteiger partial charge >= 0.3 is 0 Å². The first-order valence-corrected chi connectivity index (χ1v) is 8.40. The Balaban J connectivity index is 2.01. The average Bonchev–Trinajstić information content (AvgIpc) is 2.96. The lowest BCUT2D eigenvalue weighted by Crippen LogP contribution is -2.46. The number of likely N-dealkylation sites (N-methyl/N-ethyl adjacent to an activating group) is 1. The Labute approximate surface area is 120 Å². The molecular weight excluding hydrogens is 256 g/mol. The highest BCUT2D eigenvalue weighted by atomic mass is 32.1. The summed E-state index contributed by atoms with van der Waals surface area (Å²) in [7, 11) is 2.05. The van der Waals surface area contributed by atoms with Gasteiger partial charge in [0, 0.05) is 30.6 Å². The van der Waals surface area contributed by atoms with Crippen LogP contribution >= 0.6 is 11.3 Å². The van der Waals surface area contributed by atoms with Crippen molar-refractivity contribution in [2.75, 3.05) is 13.7 Å². The topological polar surface area (TPSA) is 34.1 Å². The first kappa shape index (κ1) is 14.9. The summed E-state index contributed by atoms with van der Waals surface area (Å²) in [4.78, 5) is 4.41. The van der Waals surface area contributed by atoms with Crippen molar-refractivity contribution >= 4 is 11.3 Å². The van der Waals surface area contributed by atoms with E-state index in [1.165, 1.54) is 37.1 Å². The van der Waals surface area contributed by atoms with Crippen molar-refractivity contribution in [1.29, 1.82) is 0 Å². The van der Waals surface area contributed by atoms with Gasteiger partial charge in [-0.1, -0.05) is 19.3 Å². The highest BCUT2D eigenvalue weighted by molar-refractivity contribution is 7.09. The van der Waals surface area contributed by atoms with Crippen LogP contribution in [0, 0.1) is 5.92 Å². The molecule has 2 unspecified atom stereocenters. The van der Waals surface area contributed by atoms with Crippen molar-refractivity contribution in [1.82, 2.24) is 10.3 Å². The first-order chi connectivity index (χ1) is 9.35. The van der Waals surface area contributed by atoms with Crippen molar-refractivity contribution in [3.63, 3.8) is 0 Å². The van der Waals surface area contributed by atoms with Gasteiger partial charge in [0.2, 0.25) is 0 Å². The fourth-order valence-corrected chi connectivity index (χ4v) is 3.84. The Morgan fingerprint density at radius 2 is 2.21 bits per heavy atom. The van der Waals surface area contributed by atoms with Crippen molar-refractivity contribution < 1.29 is 4.74 Å². The summed E-state index contributed by atoms with van der Waals surface area (Å²) in [5, 5.41) is 6.73. The number of ether oxygens (including phenoxy) is 1. The zero-order valence-corrected chi connectivity index (χ0v) is 12.9. The number of nitrogens with zero attached hydrogens (tertiary/aromatic N) is 1. The SMILES string of the molecule is CCOC(C1CCCCC1)C(Cc1nccs1)NC. The molecule has 1 heterocycles. The maximum absolute atomic E-state index is 6.10. The minimum absolute atomic E-state index is 0.333. The van der Waals surface area contributed by atoms with Gasteiger partial charge in [0.25, 0.3) is 0 Å². The molecule has 1 aromatic heterocycles. The minimum atomic E-state index is 0.333. The van der Waals surface area contributed by atoms with Crippen LogP contribution in [0.2, 0.25) is 0 Å². The van der Waals surface area contributed by atoms with Gasteiger partial charge in [0.05, 0.1) is 11.1 Å². The van der Waals surface area contributed by atoms with E-state index >= 15 is 0 Å². The Morgan fingerprint density at radius 1 is 1.42 bits per heavy atom. The molecule has 1 aliphatic rings. The third-order valence-electron chi connectivity index (χ3n) is 4.12. The molecule has 0 amide bonds. The zero-order chi connectivity index (χ0) is 13.5. The molecular formula is C15H26N2OS. The molecule has 1 aromatic rings. The van der Waals surface area contributed by atoms with E-state index in [4.69, 9.17) is 4.74 Å². The van der Waals surface area contributed by atoms with E-state index in [0.717, 1.165) is 13.0 Å². The highest BCUT2D eigenvalue weighted by Crippen LogP contribution is 2.30. The molecule has 19 heavy (non-hydrogen) atoms. The lowest BCUT2D eigenvalue weighted by atomic mass is 9.82. The van der Waals surface area contributed by atoms with Crippen molar-refractivity contribution in [3.8, 4) is 0 Å². The Kier molecular flexibility index (Phi) is 6.28. The second kappa shape index (κ2) is 7.98. The van der Waals surface area contributed by atoms with E-state index in [2.05, 4.69) is 22.6 Å². The summed E-state index contributed by atoms with van der Waals surface area (Å²) in [5.41, 5.74) is 0. The van der Waals surface area contributed by atoms with Crippen molar-refractivity contribution in [3.05, 3.63) is 16.6 Å². The maximum atomic E-state index is 6.10. The molecule has 4 heteroatoms. The van der Waals surface area contributed by atoms with Crippen LogP contribution < -0.4 is 5.32 Å². The third kappa shape index (κ3) is 4.26. The molecule has 0 radical (unpaired) electrons. The van der Waals surface area contributed by atoms with Crippen LogP contribution in [0.3, 0.4) is 0 Å². The predicted octanol–water partition coefficient (Wildman–Crippen LogP) is 3.26. The highest BCUT2D eigenvalue weighted by Gasteiger charge is 2.30. The Hall–Kier alpha value is -0.450. The minimum Gasteiger partial charge on any atom is -0.377 e. The Bertz CT molecular complexity index is 336. The summed E-state index contributed by atoms with van der Waals surface area (Å²) in [6.07, 6.45) is 9.97. The molecule has 0 aliphatic heterocycles. The van der Waals surface area contributed by atoms with Gasteiger partial charge in [0.15, 0.2) is 0 Å². The number of nitrogens with one attached hydrogen (secondary N) is 1. The molecule has 0 saturated heterocycles. The molecule has 1 saturated carbocycles. The van der Waals surface area contributed by atoms with E-state index < -0.39 is 0 Å². The van der Waals surface area contributed by atoms with Crippen LogP contribution in [0.15, 0.2) is 11.6 Å². The van der Waals surface area contributed by atoms with Gasteiger partial charge < -0.3 is 10.1 Å². The quantitative estimate of drug-likeness (QED) is 0.833. The van der Waals surface area contributed by atoms with Gasteiger partial charge in [-0.3, -0.25) is 0 Å². The summed E-state index contributed by atoms with van der Waals surface area (Å²) < 4.78 is 6.10. The number of aromatic nitrogens is 1. The summed E-state index contributed by atoms with van der Waals surface area (Å²) >= 11 is 1.74. The molecule has 2 atom stereocenters. The predicted molar refractivity (Wildman–Crippen MR) is 80.7 cm³/mol. The molecule has 0 bridgehead atoms. The van der Waals surface area contributed by atoms with Crippen LogP contribution in [0.25, 0.3) is 0 Å². The van der Waals surface area contributed by atoms with E-state index in [9.17, 15) is 0 Å². The first-order valence-electron chi connectivity index (χ1n) is 7.52. The monoisotopic (exact) mass is 282 g/mol. The van der Waals surface area contributed by atoms with Crippen LogP contribution in [0.4, 0.5) is 0 Å². The van der Waals surface area contributed by atoms with Crippen LogP contribution in [0.1, 0.15) is 44.0 Å². The summed E-state index contributed by atoms with van der Waals surface area (Å²) in [5.74, 6) is 0.714. The van der Waals surface area contributed by atoms with E-state index in [1.54, 1.807) is 11.3 Å². The number of hydrogen-bond donors (Lipinski definition) is 1. The normalized spacial score (nSPS) is 20.3. The maximum Gasteiger partial charge on any atom is 0.0941 e. The third-order valence-corrected chi connectivity index (χ3v) is 4.92. The summed E-state index contributed by atoms with van der Waals surface area (Å²) in [6.45, 7) is 2.91.